The van der Waals surface area contributed by atoms with Crippen molar-refractivity contribution in [2.45, 2.75) is 71.9 Å². The molecule has 0 atom stereocenters. The average molecular weight is 421 g/mol. The zero-order valence-corrected chi connectivity index (χ0v) is 19.1. The predicted molar refractivity (Wildman–Crippen MR) is 115 cm³/mol. The van der Waals surface area contributed by atoms with E-state index in [0.29, 0.717) is 5.92 Å². The quantitative estimate of drug-likeness (QED) is 0.718. The number of hydrogen-bond acceptors (Lipinski definition) is 4. The van der Waals surface area contributed by atoms with Crippen LogP contribution in [0.2, 0.25) is 0 Å². The number of hydrogen-bond donors (Lipinski definition) is 2. The van der Waals surface area contributed by atoms with Crippen molar-refractivity contribution in [3.8, 4) is 0 Å². The van der Waals surface area contributed by atoms with Crippen LogP contribution in [0.3, 0.4) is 0 Å². The maximum atomic E-state index is 12.7. The lowest BCUT2D eigenvalue weighted by Crippen LogP contribution is -2.40. The molecule has 0 spiro atoms. The number of nitrogens with zero attached hydrogens (tertiary/aromatic N) is 2. The highest BCUT2D eigenvalue weighted by molar-refractivity contribution is 7.89. The lowest BCUT2D eigenvalue weighted by molar-refractivity contribution is -0.115. The smallest absolute Gasteiger partial charge is 0.243 e. The summed E-state index contributed by atoms with van der Waals surface area (Å²) in [6, 6.07) is 6.41. The molecule has 0 aliphatic rings. The Morgan fingerprint density at radius 1 is 1.17 bits per heavy atom. The lowest BCUT2D eigenvalue weighted by atomic mass is 10.1. The Hall–Kier alpha value is -2.19. The van der Waals surface area contributed by atoms with Gasteiger partial charge in [-0.2, -0.15) is 5.10 Å². The van der Waals surface area contributed by atoms with Crippen LogP contribution in [-0.4, -0.2) is 29.6 Å². The number of aromatic nitrogens is 2. The number of carbonyl (C=O) groups excluding carboxylic acids is 1. The highest BCUT2D eigenvalue weighted by Gasteiger charge is 2.25. The molecule has 8 heteroatoms. The standard InChI is InChI=1S/C21H32N4O3S/c1-14(2)13-25-16(4)17(15(3)23-25)12-20(26)22-18-10-8-9-11-19(18)29(27,28)24-21(5,6)7/h8-11,14,24H,12-13H2,1-7H3,(H,22,26). The topological polar surface area (TPSA) is 93.1 Å². The van der Waals surface area contributed by atoms with E-state index in [4.69, 9.17) is 0 Å². The van der Waals surface area contributed by atoms with Crippen molar-refractivity contribution in [2.24, 2.45) is 5.92 Å². The molecule has 29 heavy (non-hydrogen) atoms. The van der Waals surface area contributed by atoms with Crippen molar-refractivity contribution in [3.05, 3.63) is 41.2 Å². The molecular weight excluding hydrogens is 388 g/mol. The second-order valence-corrected chi connectivity index (χ2v) is 10.5. The Bertz CT molecular complexity index is 986. The van der Waals surface area contributed by atoms with Crippen LogP contribution in [0.25, 0.3) is 0 Å². The molecule has 2 rings (SSSR count). The van der Waals surface area contributed by atoms with Crippen LogP contribution >= 0.6 is 0 Å². The van der Waals surface area contributed by atoms with Crippen LogP contribution in [0.5, 0.6) is 0 Å². The monoisotopic (exact) mass is 420 g/mol. The zero-order valence-electron chi connectivity index (χ0n) is 18.3. The molecule has 1 heterocycles. The molecule has 0 bridgehead atoms. The summed E-state index contributed by atoms with van der Waals surface area (Å²) in [6.45, 7) is 14.2. The molecule has 2 N–H and O–H groups in total. The fourth-order valence-corrected chi connectivity index (χ4v) is 4.71. The first kappa shape index (κ1) is 23.1. The number of benzene rings is 1. The van der Waals surface area contributed by atoms with Crippen molar-refractivity contribution in [3.63, 3.8) is 0 Å². The first-order valence-corrected chi connectivity index (χ1v) is 11.2. The Balaban J connectivity index is 2.24. The summed E-state index contributed by atoms with van der Waals surface area (Å²) in [5.74, 6) is 0.167. The average Bonchev–Trinajstić information content (AvgIpc) is 2.80. The molecule has 0 radical (unpaired) electrons. The van der Waals surface area contributed by atoms with Crippen molar-refractivity contribution >= 4 is 21.6 Å². The number of nitrogens with one attached hydrogen (secondary N) is 2. The van der Waals surface area contributed by atoms with Gasteiger partial charge in [0, 0.05) is 23.3 Å². The second-order valence-electron chi connectivity index (χ2n) is 8.80. The molecule has 0 aliphatic heterocycles. The molecule has 0 fully saturated rings. The third-order valence-corrected chi connectivity index (χ3v) is 6.11. The van der Waals surface area contributed by atoms with E-state index < -0.39 is 15.6 Å². The normalized spacial score (nSPS) is 12.4. The number of anilines is 1. The van der Waals surface area contributed by atoms with Crippen molar-refractivity contribution in [1.82, 2.24) is 14.5 Å². The Kier molecular flexibility index (Phi) is 6.90. The summed E-state index contributed by atoms with van der Waals surface area (Å²) in [7, 11) is -3.77. The number of sulfonamides is 1. The van der Waals surface area contributed by atoms with E-state index in [-0.39, 0.29) is 22.9 Å². The van der Waals surface area contributed by atoms with E-state index in [2.05, 4.69) is 29.0 Å². The van der Waals surface area contributed by atoms with Gasteiger partial charge in [0.2, 0.25) is 15.9 Å². The minimum Gasteiger partial charge on any atom is -0.325 e. The second kappa shape index (κ2) is 8.67. The van der Waals surface area contributed by atoms with E-state index >= 15 is 0 Å². The number of amides is 1. The number of rotatable bonds is 7. The lowest BCUT2D eigenvalue weighted by Gasteiger charge is -2.21. The molecule has 160 valence electrons. The Morgan fingerprint density at radius 2 is 1.79 bits per heavy atom. The van der Waals surface area contributed by atoms with Crippen molar-refractivity contribution < 1.29 is 13.2 Å². The number of aryl methyl sites for hydroxylation is 1. The molecule has 0 aliphatic carbocycles. The molecule has 1 aromatic carbocycles. The number of carbonyl (C=O) groups is 1. The van der Waals surface area contributed by atoms with Gasteiger partial charge in [0.1, 0.15) is 4.90 Å². The van der Waals surface area contributed by atoms with Gasteiger partial charge in [-0.05, 0) is 52.7 Å². The largest absolute Gasteiger partial charge is 0.325 e. The zero-order chi connectivity index (χ0) is 22.0. The van der Waals surface area contributed by atoms with Gasteiger partial charge in [-0.15, -0.1) is 0 Å². The van der Waals surface area contributed by atoms with Gasteiger partial charge < -0.3 is 5.32 Å². The molecule has 1 amide bonds. The van der Waals surface area contributed by atoms with Gasteiger partial charge in [0.15, 0.2) is 0 Å². The fraction of sp³-hybridized carbons (Fsp3) is 0.524. The van der Waals surface area contributed by atoms with Crippen LogP contribution in [0.1, 0.15) is 51.6 Å². The summed E-state index contributed by atoms with van der Waals surface area (Å²) < 4.78 is 30.0. The van der Waals surface area contributed by atoms with E-state index in [1.165, 1.54) is 6.07 Å². The molecule has 0 saturated heterocycles. The third-order valence-electron chi connectivity index (χ3n) is 4.30. The SMILES string of the molecule is Cc1nn(CC(C)C)c(C)c1CC(=O)Nc1ccccc1S(=O)(=O)NC(C)(C)C. The summed E-state index contributed by atoms with van der Waals surface area (Å²) in [4.78, 5) is 12.8. The third kappa shape index (κ3) is 6.14. The van der Waals surface area contributed by atoms with Crippen LogP contribution in [0.4, 0.5) is 5.69 Å². The summed E-state index contributed by atoms with van der Waals surface area (Å²) in [6.07, 6.45) is 0.136. The minimum atomic E-state index is -3.77. The van der Waals surface area contributed by atoms with Gasteiger partial charge in [-0.3, -0.25) is 9.48 Å². The first-order chi connectivity index (χ1) is 13.3. The van der Waals surface area contributed by atoms with Gasteiger partial charge in [0.25, 0.3) is 0 Å². The van der Waals surface area contributed by atoms with E-state index in [9.17, 15) is 13.2 Å². The van der Waals surface area contributed by atoms with Crippen LogP contribution in [0, 0.1) is 19.8 Å². The highest BCUT2D eigenvalue weighted by Crippen LogP contribution is 2.23. The van der Waals surface area contributed by atoms with E-state index in [1.807, 2.05) is 18.5 Å². The number of para-hydroxylation sites is 1. The molecule has 1 aromatic heterocycles. The van der Waals surface area contributed by atoms with Crippen molar-refractivity contribution in [1.29, 1.82) is 0 Å². The van der Waals surface area contributed by atoms with Crippen LogP contribution in [0.15, 0.2) is 29.2 Å². The minimum absolute atomic E-state index is 0.0484. The highest BCUT2D eigenvalue weighted by atomic mass is 32.2. The van der Waals surface area contributed by atoms with E-state index in [0.717, 1.165) is 23.5 Å². The summed E-state index contributed by atoms with van der Waals surface area (Å²) >= 11 is 0. The summed E-state index contributed by atoms with van der Waals surface area (Å²) in [5, 5.41) is 7.30. The summed E-state index contributed by atoms with van der Waals surface area (Å²) in [5.41, 5.74) is 2.28. The molecule has 0 unspecified atom stereocenters. The van der Waals surface area contributed by atoms with Crippen LogP contribution in [-0.2, 0) is 27.8 Å². The van der Waals surface area contributed by atoms with Crippen LogP contribution < -0.4 is 10.0 Å². The first-order valence-electron chi connectivity index (χ1n) is 9.76. The van der Waals surface area contributed by atoms with E-state index in [1.54, 1.807) is 39.0 Å². The Labute approximate surface area is 173 Å². The maximum absolute atomic E-state index is 12.7. The van der Waals surface area contributed by atoms with Gasteiger partial charge >= 0.3 is 0 Å². The fourth-order valence-electron chi connectivity index (χ4n) is 3.13. The molecule has 7 nitrogen and oxygen atoms in total. The van der Waals surface area contributed by atoms with Gasteiger partial charge in [-0.1, -0.05) is 26.0 Å². The van der Waals surface area contributed by atoms with Gasteiger partial charge in [-0.25, -0.2) is 13.1 Å². The molecular formula is C21H32N4O3S. The van der Waals surface area contributed by atoms with Gasteiger partial charge in [0.05, 0.1) is 17.8 Å². The predicted octanol–water partition coefficient (Wildman–Crippen LogP) is 3.41. The Morgan fingerprint density at radius 3 is 2.38 bits per heavy atom. The van der Waals surface area contributed by atoms with Crippen molar-refractivity contribution in [2.75, 3.05) is 5.32 Å². The maximum Gasteiger partial charge on any atom is 0.243 e. The molecule has 2 aromatic rings. The molecule has 0 saturated carbocycles.